The standard InChI is InChI=1S/C16H8BrF4NO/c17-7-9(4-8-2-1-3-10(18)5-8)16-22-15-12(23-16)6-11(19)13(20)14(15)21/h1-6H,7H2/b9-4-. The van der Waals surface area contributed by atoms with Crippen molar-refractivity contribution in [3.05, 3.63) is 65.1 Å². The van der Waals surface area contributed by atoms with Crippen molar-refractivity contribution in [3.63, 3.8) is 0 Å². The highest BCUT2D eigenvalue weighted by Crippen LogP contribution is 2.28. The predicted octanol–water partition coefficient (Wildman–Crippen LogP) is 5.32. The summed E-state index contributed by atoms with van der Waals surface area (Å²) in [6, 6.07) is 6.52. The van der Waals surface area contributed by atoms with E-state index in [1.165, 1.54) is 18.2 Å². The first-order valence-corrected chi connectivity index (χ1v) is 7.58. The number of halogens is 5. The molecule has 0 aliphatic rings. The van der Waals surface area contributed by atoms with Gasteiger partial charge in [0.15, 0.2) is 23.0 Å². The van der Waals surface area contributed by atoms with Gasteiger partial charge < -0.3 is 4.42 Å². The molecule has 0 saturated heterocycles. The van der Waals surface area contributed by atoms with E-state index in [2.05, 4.69) is 20.9 Å². The minimum atomic E-state index is -1.60. The van der Waals surface area contributed by atoms with Gasteiger partial charge in [0, 0.05) is 17.0 Å². The molecule has 1 aromatic heterocycles. The molecule has 0 spiro atoms. The van der Waals surface area contributed by atoms with Gasteiger partial charge in [-0.3, -0.25) is 0 Å². The van der Waals surface area contributed by atoms with Gasteiger partial charge in [-0.15, -0.1) is 0 Å². The molecule has 2 nitrogen and oxygen atoms in total. The normalized spacial score (nSPS) is 12.1. The second-order valence-electron chi connectivity index (χ2n) is 4.71. The Labute approximate surface area is 136 Å². The lowest BCUT2D eigenvalue weighted by Gasteiger charge is -1.99. The zero-order chi connectivity index (χ0) is 16.6. The fourth-order valence-electron chi connectivity index (χ4n) is 2.07. The number of allylic oxidation sites excluding steroid dienone is 1. The van der Waals surface area contributed by atoms with Crippen molar-refractivity contribution in [2.45, 2.75) is 0 Å². The van der Waals surface area contributed by atoms with E-state index in [1.807, 2.05) is 0 Å². The van der Waals surface area contributed by atoms with Crippen molar-refractivity contribution in [2.24, 2.45) is 0 Å². The highest BCUT2D eigenvalue weighted by molar-refractivity contribution is 9.09. The monoisotopic (exact) mass is 385 g/mol. The average Bonchev–Trinajstić information content (AvgIpc) is 2.94. The molecule has 23 heavy (non-hydrogen) atoms. The summed E-state index contributed by atoms with van der Waals surface area (Å²) in [5.74, 6) is -4.79. The lowest BCUT2D eigenvalue weighted by molar-refractivity contribution is 0.451. The number of oxazole rings is 1. The van der Waals surface area contributed by atoms with E-state index < -0.39 is 28.8 Å². The maximum absolute atomic E-state index is 13.7. The van der Waals surface area contributed by atoms with E-state index in [0.717, 1.165) is 6.07 Å². The fraction of sp³-hybridized carbons (Fsp3) is 0.0625. The number of rotatable bonds is 3. The summed E-state index contributed by atoms with van der Waals surface area (Å²) >= 11 is 3.23. The third kappa shape index (κ3) is 3.01. The predicted molar refractivity (Wildman–Crippen MR) is 81.9 cm³/mol. The number of hydrogen-bond acceptors (Lipinski definition) is 2. The van der Waals surface area contributed by atoms with Gasteiger partial charge in [0.25, 0.3) is 0 Å². The molecule has 3 rings (SSSR count). The Balaban J connectivity index is 2.12. The Bertz CT molecular complexity index is 920. The number of benzene rings is 2. The maximum atomic E-state index is 13.7. The molecule has 0 N–H and O–H groups in total. The van der Waals surface area contributed by atoms with E-state index in [0.29, 0.717) is 11.1 Å². The smallest absolute Gasteiger partial charge is 0.224 e. The van der Waals surface area contributed by atoms with Gasteiger partial charge in [-0.05, 0) is 23.8 Å². The molecule has 7 heteroatoms. The van der Waals surface area contributed by atoms with Crippen LogP contribution < -0.4 is 0 Å². The Morgan fingerprint density at radius 3 is 2.61 bits per heavy atom. The number of alkyl halides is 1. The Morgan fingerprint density at radius 1 is 1.13 bits per heavy atom. The van der Waals surface area contributed by atoms with Crippen molar-refractivity contribution in [2.75, 3.05) is 5.33 Å². The van der Waals surface area contributed by atoms with Gasteiger partial charge in [-0.1, -0.05) is 28.1 Å². The topological polar surface area (TPSA) is 26.0 Å². The first-order chi connectivity index (χ1) is 11.0. The van der Waals surface area contributed by atoms with E-state index in [9.17, 15) is 17.6 Å². The van der Waals surface area contributed by atoms with Gasteiger partial charge in [0.05, 0.1) is 0 Å². The number of nitrogens with zero attached hydrogens (tertiary/aromatic N) is 1. The summed E-state index contributed by atoms with van der Waals surface area (Å²) in [7, 11) is 0. The Hall–Kier alpha value is -2.15. The first kappa shape index (κ1) is 15.7. The zero-order valence-electron chi connectivity index (χ0n) is 11.4. The molecule has 0 unspecified atom stereocenters. The van der Waals surface area contributed by atoms with Crippen molar-refractivity contribution in [1.82, 2.24) is 4.98 Å². The van der Waals surface area contributed by atoms with Crippen LogP contribution in [0.15, 0.2) is 34.7 Å². The first-order valence-electron chi connectivity index (χ1n) is 6.46. The van der Waals surface area contributed by atoms with Crippen LogP contribution in [0.1, 0.15) is 11.5 Å². The van der Waals surface area contributed by atoms with Crippen LogP contribution in [0.2, 0.25) is 0 Å². The van der Waals surface area contributed by atoms with Crippen LogP contribution in [0.5, 0.6) is 0 Å². The van der Waals surface area contributed by atoms with Crippen LogP contribution in [0.4, 0.5) is 17.6 Å². The van der Waals surface area contributed by atoms with Gasteiger partial charge >= 0.3 is 0 Å². The van der Waals surface area contributed by atoms with Crippen LogP contribution in [0.25, 0.3) is 22.7 Å². The Morgan fingerprint density at radius 2 is 1.91 bits per heavy atom. The summed E-state index contributed by atoms with van der Waals surface area (Å²) in [6.45, 7) is 0. The summed E-state index contributed by atoms with van der Waals surface area (Å²) < 4.78 is 58.7. The van der Waals surface area contributed by atoms with Gasteiger partial charge in [-0.2, -0.15) is 0 Å². The number of hydrogen-bond donors (Lipinski definition) is 0. The average molecular weight is 386 g/mol. The van der Waals surface area contributed by atoms with Crippen LogP contribution in [0, 0.1) is 23.3 Å². The molecular weight excluding hydrogens is 378 g/mol. The minimum Gasteiger partial charge on any atom is -0.436 e. The molecule has 0 amide bonds. The van der Waals surface area contributed by atoms with Crippen molar-refractivity contribution >= 4 is 38.7 Å². The van der Waals surface area contributed by atoms with Gasteiger partial charge in [0.2, 0.25) is 5.89 Å². The highest BCUT2D eigenvalue weighted by Gasteiger charge is 2.20. The molecule has 0 atom stereocenters. The van der Waals surface area contributed by atoms with E-state index in [1.54, 1.807) is 12.1 Å². The quantitative estimate of drug-likeness (QED) is 0.346. The largest absolute Gasteiger partial charge is 0.436 e. The molecule has 0 aliphatic carbocycles. The summed E-state index contributed by atoms with van der Waals surface area (Å²) in [5, 5.41) is 0.267. The number of fused-ring (bicyclic) bond motifs is 1. The Kier molecular flexibility index (Phi) is 4.21. The second kappa shape index (κ2) is 6.16. The molecule has 0 aliphatic heterocycles. The van der Waals surface area contributed by atoms with Crippen LogP contribution in [-0.4, -0.2) is 10.3 Å². The van der Waals surface area contributed by atoms with Gasteiger partial charge in [0.1, 0.15) is 11.3 Å². The van der Waals surface area contributed by atoms with Crippen molar-refractivity contribution in [1.29, 1.82) is 0 Å². The molecule has 2 aromatic carbocycles. The van der Waals surface area contributed by atoms with Crippen molar-refractivity contribution in [3.8, 4) is 0 Å². The SMILES string of the molecule is Fc1cccc(/C=C(/CBr)c2nc3c(F)c(F)c(F)cc3o2)c1. The molecule has 3 aromatic rings. The molecular formula is C16H8BrF4NO. The molecule has 1 heterocycles. The lowest BCUT2D eigenvalue weighted by Crippen LogP contribution is -1.91. The lowest BCUT2D eigenvalue weighted by atomic mass is 10.1. The van der Waals surface area contributed by atoms with E-state index in [-0.39, 0.29) is 16.8 Å². The van der Waals surface area contributed by atoms with Crippen molar-refractivity contribution < 1.29 is 22.0 Å². The summed E-state index contributed by atoms with van der Waals surface area (Å²) in [6.07, 6.45) is 1.58. The van der Waals surface area contributed by atoms with Crippen LogP contribution >= 0.6 is 15.9 Å². The van der Waals surface area contributed by atoms with E-state index in [4.69, 9.17) is 4.42 Å². The minimum absolute atomic E-state index is 0.00923. The van der Waals surface area contributed by atoms with Gasteiger partial charge in [-0.25, -0.2) is 22.5 Å². The molecule has 0 radical (unpaired) electrons. The number of aromatic nitrogens is 1. The maximum Gasteiger partial charge on any atom is 0.224 e. The van der Waals surface area contributed by atoms with Crippen LogP contribution in [0.3, 0.4) is 0 Å². The third-order valence-corrected chi connectivity index (χ3v) is 3.73. The summed E-state index contributed by atoms with van der Waals surface area (Å²) in [5.41, 5.74) is 0.402. The fourth-order valence-corrected chi connectivity index (χ4v) is 2.47. The van der Waals surface area contributed by atoms with Crippen LogP contribution in [-0.2, 0) is 0 Å². The third-order valence-electron chi connectivity index (χ3n) is 3.13. The molecule has 0 bridgehead atoms. The molecule has 118 valence electrons. The zero-order valence-corrected chi connectivity index (χ0v) is 13.0. The second-order valence-corrected chi connectivity index (χ2v) is 5.27. The summed E-state index contributed by atoms with van der Waals surface area (Å²) in [4.78, 5) is 3.86. The van der Waals surface area contributed by atoms with E-state index >= 15 is 0 Å². The molecule has 0 saturated carbocycles. The highest BCUT2D eigenvalue weighted by atomic mass is 79.9. The molecule has 0 fully saturated rings.